The van der Waals surface area contributed by atoms with Crippen molar-refractivity contribution in [2.24, 2.45) is 5.73 Å². The normalized spacial score (nSPS) is 15.9. The average Bonchev–Trinajstić information content (AvgIpc) is 4.05. The van der Waals surface area contributed by atoms with E-state index >= 15 is 0 Å². The number of benzene rings is 3. The number of rotatable bonds is 21. The van der Waals surface area contributed by atoms with Gasteiger partial charge in [0.05, 0.1) is 6.04 Å². The summed E-state index contributed by atoms with van der Waals surface area (Å²) in [7, 11) is 4.53. The second kappa shape index (κ2) is 28.9. The lowest BCUT2D eigenvalue weighted by atomic mass is 9.86. The minimum absolute atomic E-state index is 0.0274. The number of carbonyl (C=O) groups is 6. The van der Waals surface area contributed by atoms with Gasteiger partial charge < -0.3 is 57.3 Å². The van der Waals surface area contributed by atoms with E-state index in [4.69, 9.17) is 10.8 Å². The summed E-state index contributed by atoms with van der Waals surface area (Å²) in [6, 6.07) is 18.7. The molecule has 2 aliphatic heterocycles. The number of likely N-dealkylation sites (tertiary alicyclic amines) is 2. The van der Waals surface area contributed by atoms with Crippen LogP contribution in [0, 0.1) is 6.92 Å². The molecule has 10 N–H and O–H groups in total. The van der Waals surface area contributed by atoms with Crippen LogP contribution in [0.4, 0.5) is 0 Å². The average molecular weight is 896 g/mol. The molecule has 0 aromatic heterocycles. The van der Waals surface area contributed by atoms with Gasteiger partial charge in [0.2, 0.25) is 30.0 Å². The van der Waals surface area contributed by atoms with Crippen molar-refractivity contribution in [1.82, 2.24) is 36.4 Å². The summed E-state index contributed by atoms with van der Waals surface area (Å²) in [5, 5.41) is 40.2. The monoisotopic (exact) mass is 896 g/mol. The van der Waals surface area contributed by atoms with Crippen LogP contribution in [0.5, 0.6) is 5.75 Å². The number of amides is 6. The fourth-order valence-corrected chi connectivity index (χ4v) is 7.39. The molecular weight excluding hydrogens is 830 g/mol. The first-order chi connectivity index (χ1) is 31.3. The molecule has 3 aromatic rings. The standard InChI is InChI=1S/C38H50BN6O6.C8H14N2O2.BHO/c1-25-8-10-28(11-9-25)24-42-36(48)32(6-3-4-20-40)44-37(49)33(22-27-14-18-31(46)19-15-27)41-23-29-12-16-30(17-13-29)35(47)43-26(2)38(50)45-21-5-7-34(45)39-51;1-7(9-6-11)8(12)10-4-2-3-5-10;1-2/h8-19,26,32-34,41,46,51H,3-7,20-24,40H2,1-2H3,(H,42,48)(H,43,47)(H,44,49);6-7H,2-5H2,1H3,(H,9,11);2H. The fraction of sp³-hybridized carbons (Fsp3) is 0.478. The number of aromatic hydroxyl groups is 1. The van der Waals surface area contributed by atoms with E-state index in [1.54, 1.807) is 72.2 Å². The van der Waals surface area contributed by atoms with E-state index in [1.807, 2.05) is 31.2 Å². The van der Waals surface area contributed by atoms with E-state index < -0.39 is 24.0 Å². The largest absolute Gasteiger partial charge is 0.508 e. The van der Waals surface area contributed by atoms with Crippen LogP contribution >= 0.6 is 0 Å². The highest BCUT2D eigenvalue weighted by Crippen LogP contribution is 2.18. The second-order valence-electron chi connectivity index (χ2n) is 16.2. The molecule has 0 spiro atoms. The van der Waals surface area contributed by atoms with E-state index in [-0.39, 0.29) is 41.4 Å². The number of nitrogens with one attached hydrogen (secondary N) is 5. The van der Waals surface area contributed by atoms with Crippen molar-refractivity contribution in [2.45, 2.75) is 115 Å². The maximum absolute atomic E-state index is 13.8. The molecule has 19 heteroatoms. The lowest BCUT2D eigenvalue weighted by molar-refractivity contribution is -0.133. The quantitative estimate of drug-likeness (QED) is 0.0411. The lowest BCUT2D eigenvalue weighted by Crippen LogP contribution is -2.53. The van der Waals surface area contributed by atoms with Gasteiger partial charge in [0.1, 0.15) is 23.9 Å². The van der Waals surface area contributed by atoms with Gasteiger partial charge in [-0.2, -0.15) is 0 Å². The van der Waals surface area contributed by atoms with E-state index in [9.17, 15) is 38.9 Å². The summed E-state index contributed by atoms with van der Waals surface area (Å²) in [5.41, 5.74) is 9.79. The Labute approximate surface area is 384 Å². The zero-order valence-corrected chi connectivity index (χ0v) is 37.7. The minimum atomic E-state index is -0.762. The molecule has 3 radical (unpaired) electrons. The molecule has 3 aromatic carbocycles. The van der Waals surface area contributed by atoms with Crippen LogP contribution in [0.1, 0.15) is 91.4 Å². The van der Waals surface area contributed by atoms with Gasteiger partial charge in [0, 0.05) is 44.2 Å². The molecule has 0 saturated carbocycles. The first-order valence-corrected chi connectivity index (χ1v) is 22.1. The van der Waals surface area contributed by atoms with Gasteiger partial charge in [-0.15, -0.1) is 0 Å². The lowest BCUT2D eigenvalue weighted by Gasteiger charge is -2.26. The fourth-order valence-electron chi connectivity index (χ4n) is 7.39. The molecule has 17 nitrogen and oxygen atoms in total. The van der Waals surface area contributed by atoms with Crippen molar-refractivity contribution >= 4 is 51.5 Å². The third-order valence-corrected chi connectivity index (χ3v) is 11.2. The second-order valence-corrected chi connectivity index (χ2v) is 16.2. The molecular formula is C46H65B2N8O9. The van der Waals surface area contributed by atoms with Crippen LogP contribution in [0.3, 0.4) is 0 Å². The highest BCUT2D eigenvalue weighted by atomic mass is 16.3. The van der Waals surface area contributed by atoms with Gasteiger partial charge in [0.15, 0.2) is 0 Å². The van der Waals surface area contributed by atoms with E-state index in [2.05, 4.69) is 34.6 Å². The number of phenolic OH excluding ortho intramolecular Hbond substituents is 1. The van der Waals surface area contributed by atoms with E-state index in [0.29, 0.717) is 63.8 Å². The summed E-state index contributed by atoms with van der Waals surface area (Å²) in [6.07, 6.45) is 6.33. The first kappa shape index (κ1) is 53.6. The van der Waals surface area contributed by atoms with Crippen LogP contribution in [-0.2, 0) is 43.5 Å². The van der Waals surface area contributed by atoms with Gasteiger partial charge in [-0.05, 0) is 120 Å². The summed E-state index contributed by atoms with van der Waals surface area (Å²) < 4.78 is 0. The Balaban J connectivity index is 0.000000687. The van der Waals surface area contributed by atoms with Crippen LogP contribution in [0.25, 0.3) is 0 Å². The topological polar surface area (TPSA) is 256 Å². The van der Waals surface area contributed by atoms with Crippen molar-refractivity contribution in [3.8, 4) is 5.75 Å². The van der Waals surface area contributed by atoms with E-state index in [0.717, 1.165) is 68.5 Å². The maximum Gasteiger partial charge on any atom is 0.312 e. The zero-order valence-electron chi connectivity index (χ0n) is 37.7. The summed E-state index contributed by atoms with van der Waals surface area (Å²) >= 11 is 0. The number of nitrogens with two attached hydrogens (primary N) is 1. The molecule has 5 rings (SSSR count). The Kier molecular flexibility index (Phi) is 23.8. The van der Waals surface area contributed by atoms with Crippen LogP contribution in [0.15, 0.2) is 72.8 Å². The van der Waals surface area contributed by atoms with E-state index in [1.165, 1.54) is 0 Å². The number of nitrogens with zero attached hydrogens (tertiary/aromatic N) is 2. The molecule has 2 aliphatic rings. The highest BCUT2D eigenvalue weighted by Gasteiger charge is 2.32. The van der Waals surface area contributed by atoms with Crippen LogP contribution in [0.2, 0.25) is 0 Å². The van der Waals surface area contributed by atoms with Gasteiger partial charge in [-0.3, -0.25) is 28.8 Å². The van der Waals surface area contributed by atoms with Crippen LogP contribution in [-0.4, -0.2) is 133 Å². The molecule has 5 unspecified atom stereocenters. The van der Waals surface area contributed by atoms with Crippen molar-refractivity contribution in [1.29, 1.82) is 0 Å². The minimum Gasteiger partial charge on any atom is -0.508 e. The number of hydrogen-bond donors (Lipinski definition) is 9. The van der Waals surface area contributed by atoms with Gasteiger partial charge in [-0.25, -0.2) is 0 Å². The number of phenols is 1. The van der Waals surface area contributed by atoms with Gasteiger partial charge in [0.25, 0.3) is 14.0 Å². The Morgan fingerprint density at radius 2 is 1.40 bits per heavy atom. The zero-order chi connectivity index (χ0) is 47.7. The Hall–Kier alpha value is -5.75. The van der Waals surface area contributed by atoms with Crippen molar-refractivity contribution < 1.29 is 43.9 Å². The molecule has 6 amide bonds. The number of hydrogen-bond acceptors (Lipinski definition) is 11. The smallest absolute Gasteiger partial charge is 0.312 e. The summed E-state index contributed by atoms with van der Waals surface area (Å²) in [4.78, 5) is 77.8. The summed E-state index contributed by atoms with van der Waals surface area (Å²) in [5.74, 6) is -1.47. The number of unbranched alkanes of at least 4 members (excludes halogenated alkanes) is 1. The van der Waals surface area contributed by atoms with Gasteiger partial charge in [-0.1, -0.05) is 54.1 Å². The molecule has 2 heterocycles. The molecule has 0 aliphatic carbocycles. The predicted molar refractivity (Wildman–Crippen MR) is 249 cm³/mol. The van der Waals surface area contributed by atoms with Crippen molar-refractivity contribution in [2.75, 3.05) is 26.2 Å². The number of aryl methyl sites for hydroxylation is 1. The Morgan fingerprint density at radius 1 is 0.785 bits per heavy atom. The van der Waals surface area contributed by atoms with Crippen molar-refractivity contribution in [3.05, 3.63) is 101 Å². The Bertz CT molecular complexity index is 1940. The molecule has 349 valence electrons. The SMILES string of the molecule is CC(NC=O)C(=O)N1CCCC1.Cc1ccc(CNC(=O)C(CCCCN)NC(=O)C(Cc2ccc(O)cc2)NCc2ccc(C(=O)NC(C)C(=O)N3CCCC3[B]O)cc2)cc1.[B]O. The highest BCUT2D eigenvalue weighted by molar-refractivity contribution is 6.28. The maximum atomic E-state index is 13.8. The van der Waals surface area contributed by atoms with Gasteiger partial charge >= 0.3 is 7.48 Å². The molecule has 65 heavy (non-hydrogen) atoms. The molecule has 2 saturated heterocycles. The molecule has 0 bridgehead atoms. The number of carbonyl (C=O) groups excluding carboxylic acids is 6. The Morgan fingerprint density at radius 3 is 2.02 bits per heavy atom. The first-order valence-electron chi connectivity index (χ1n) is 22.1. The third kappa shape index (κ3) is 18.0. The molecule has 2 fully saturated rings. The molecule has 5 atom stereocenters. The summed E-state index contributed by atoms with van der Waals surface area (Å²) in [6.45, 7) is 8.64. The van der Waals surface area contributed by atoms with Crippen molar-refractivity contribution in [3.63, 3.8) is 0 Å². The predicted octanol–water partition coefficient (Wildman–Crippen LogP) is 0.816. The third-order valence-electron chi connectivity index (χ3n) is 11.2. The van der Waals surface area contributed by atoms with Crippen LogP contribution < -0.4 is 32.3 Å².